The van der Waals surface area contributed by atoms with Crippen molar-refractivity contribution in [3.8, 4) is 0 Å². The summed E-state index contributed by atoms with van der Waals surface area (Å²) < 4.78 is 4.97. The summed E-state index contributed by atoms with van der Waals surface area (Å²) in [6, 6.07) is 5.12. The highest BCUT2D eigenvalue weighted by Gasteiger charge is 2.45. The maximum atomic E-state index is 12.1. The highest BCUT2D eigenvalue weighted by molar-refractivity contribution is 6.08. The molecule has 1 aliphatic rings. The second-order valence-corrected chi connectivity index (χ2v) is 6.51. The molecule has 1 fully saturated rings. The third-order valence-electron chi connectivity index (χ3n) is 3.85. The van der Waals surface area contributed by atoms with Crippen LogP contribution in [0.25, 0.3) is 0 Å². The van der Waals surface area contributed by atoms with Crippen molar-refractivity contribution in [2.45, 2.75) is 32.4 Å². The summed E-state index contributed by atoms with van der Waals surface area (Å²) in [4.78, 5) is 59.6. The average Bonchev–Trinajstić information content (AvgIpc) is 2.77. The molecule has 10 heteroatoms. The molecule has 1 aromatic rings. The summed E-state index contributed by atoms with van der Waals surface area (Å²) in [7, 11) is 0. The van der Waals surface area contributed by atoms with Gasteiger partial charge in [0.1, 0.15) is 12.1 Å². The fourth-order valence-electron chi connectivity index (χ4n) is 2.34. The van der Waals surface area contributed by atoms with Crippen molar-refractivity contribution in [3.05, 3.63) is 29.8 Å². The molecule has 0 saturated carbocycles. The van der Waals surface area contributed by atoms with E-state index in [2.05, 4.69) is 10.6 Å². The van der Waals surface area contributed by atoms with E-state index in [0.29, 0.717) is 5.69 Å². The summed E-state index contributed by atoms with van der Waals surface area (Å²) in [5.74, 6) is -2.68. The Morgan fingerprint density at radius 3 is 2.30 bits per heavy atom. The molecule has 0 aliphatic carbocycles. The summed E-state index contributed by atoms with van der Waals surface area (Å²) in [6.07, 6.45) is -1.16. The van der Waals surface area contributed by atoms with Gasteiger partial charge in [-0.3, -0.25) is 24.1 Å². The van der Waals surface area contributed by atoms with Crippen LogP contribution in [-0.2, 0) is 19.1 Å². The summed E-state index contributed by atoms with van der Waals surface area (Å²) >= 11 is 0. The smallest absolute Gasteiger partial charge is 0.327 e. The number of ether oxygens (including phenoxy) is 1. The number of nitrogens with two attached hydrogens (primary N) is 1. The Morgan fingerprint density at radius 1 is 1.22 bits per heavy atom. The van der Waals surface area contributed by atoms with Gasteiger partial charge in [-0.05, 0) is 45.0 Å². The van der Waals surface area contributed by atoms with E-state index in [4.69, 9.17) is 10.5 Å². The van der Waals surface area contributed by atoms with Crippen LogP contribution >= 0.6 is 0 Å². The van der Waals surface area contributed by atoms with Gasteiger partial charge >= 0.3 is 12.0 Å². The van der Waals surface area contributed by atoms with Crippen molar-refractivity contribution in [2.75, 3.05) is 11.9 Å². The van der Waals surface area contributed by atoms with Gasteiger partial charge in [-0.1, -0.05) is 0 Å². The molecule has 1 atom stereocenters. The SMILES string of the molecule is C[C@@H](OC(=O)CN1C(=O)NC(C)(C)C1=O)C(=O)Nc1ccc(C(N)=O)cc1. The minimum atomic E-state index is -1.16. The third-order valence-corrected chi connectivity index (χ3v) is 3.85. The van der Waals surface area contributed by atoms with Gasteiger partial charge < -0.3 is 21.1 Å². The first kappa shape index (κ1) is 19.9. The van der Waals surface area contributed by atoms with Gasteiger partial charge in [-0.15, -0.1) is 0 Å². The molecular weight excluding hydrogens is 356 g/mol. The van der Waals surface area contributed by atoms with E-state index in [9.17, 15) is 24.0 Å². The lowest BCUT2D eigenvalue weighted by Crippen LogP contribution is -2.42. The number of urea groups is 1. The van der Waals surface area contributed by atoms with E-state index in [1.807, 2.05) is 0 Å². The van der Waals surface area contributed by atoms with Gasteiger partial charge in [0.05, 0.1) is 0 Å². The number of anilines is 1. The molecule has 1 heterocycles. The largest absolute Gasteiger partial charge is 0.451 e. The number of benzene rings is 1. The fraction of sp³-hybridized carbons (Fsp3) is 0.353. The Balaban J connectivity index is 1.90. The third kappa shape index (κ3) is 4.60. The van der Waals surface area contributed by atoms with Gasteiger partial charge in [0.15, 0.2) is 6.10 Å². The molecule has 2 rings (SSSR count). The molecule has 0 aromatic heterocycles. The molecule has 1 aliphatic heterocycles. The highest BCUT2D eigenvalue weighted by atomic mass is 16.5. The van der Waals surface area contributed by atoms with Gasteiger partial charge in [0.25, 0.3) is 11.8 Å². The van der Waals surface area contributed by atoms with Crippen LogP contribution in [0.3, 0.4) is 0 Å². The number of carbonyl (C=O) groups is 5. The quantitative estimate of drug-likeness (QED) is 0.470. The number of hydrogen-bond acceptors (Lipinski definition) is 6. The standard InChI is InChI=1S/C17H20N4O6/c1-9(14(24)19-11-6-4-10(5-7-11)13(18)23)27-12(22)8-21-15(25)17(2,3)20-16(21)26/h4-7,9H,8H2,1-3H3,(H2,18,23)(H,19,24)(H,20,26)/t9-/m1/s1. The zero-order valence-electron chi connectivity index (χ0n) is 15.1. The molecule has 5 amide bonds. The van der Waals surface area contributed by atoms with Gasteiger partial charge in [0, 0.05) is 11.3 Å². The van der Waals surface area contributed by atoms with E-state index in [-0.39, 0.29) is 5.56 Å². The zero-order chi connectivity index (χ0) is 20.4. The first-order chi connectivity index (χ1) is 12.5. The van der Waals surface area contributed by atoms with E-state index < -0.39 is 47.9 Å². The van der Waals surface area contributed by atoms with Crippen molar-refractivity contribution < 1.29 is 28.7 Å². The first-order valence-corrected chi connectivity index (χ1v) is 8.05. The second kappa shape index (κ2) is 7.44. The topological polar surface area (TPSA) is 148 Å². The van der Waals surface area contributed by atoms with Crippen molar-refractivity contribution in [1.82, 2.24) is 10.2 Å². The second-order valence-electron chi connectivity index (χ2n) is 6.51. The number of amides is 5. The van der Waals surface area contributed by atoms with Crippen LogP contribution in [-0.4, -0.2) is 52.8 Å². The van der Waals surface area contributed by atoms with Crippen molar-refractivity contribution in [1.29, 1.82) is 0 Å². The summed E-state index contributed by atoms with van der Waals surface area (Å²) in [5.41, 5.74) is 4.69. The van der Waals surface area contributed by atoms with Gasteiger partial charge in [-0.25, -0.2) is 4.79 Å². The minimum absolute atomic E-state index is 0.281. The number of esters is 1. The Hall–Kier alpha value is -3.43. The van der Waals surface area contributed by atoms with Crippen molar-refractivity contribution in [2.24, 2.45) is 5.73 Å². The number of carbonyl (C=O) groups excluding carboxylic acids is 5. The van der Waals surface area contributed by atoms with E-state index in [0.717, 1.165) is 4.90 Å². The molecular formula is C17H20N4O6. The van der Waals surface area contributed by atoms with Crippen LogP contribution in [0.1, 0.15) is 31.1 Å². The van der Waals surface area contributed by atoms with Crippen LogP contribution in [0.4, 0.5) is 10.5 Å². The van der Waals surface area contributed by atoms with Crippen LogP contribution in [0.15, 0.2) is 24.3 Å². The average molecular weight is 376 g/mol. The monoisotopic (exact) mass is 376 g/mol. The van der Waals surface area contributed by atoms with E-state index in [1.54, 1.807) is 0 Å². The Labute approximate surface area is 155 Å². The molecule has 0 bridgehead atoms. The molecule has 10 nitrogen and oxygen atoms in total. The van der Waals surface area contributed by atoms with Crippen LogP contribution in [0.2, 0.25) is 0 Å². The Morgan fingerprint density at radius 2 is 1.81 bits per heavy atom. The molecule has 0 unspecified atom stereocenters. The molecule has 1 saturated heterocycles. The number of nitrogens with zero attached hydrogens (tertiary/aromatic N) is 1. The van der Waals surface area contributed by atoms with Gasteiger partial charge in [-0.2, -0.15) is 0 Å². The van der Waals surface area contributed by atoms with Crippen molar-refractivity contribution in [3.63, 3.8) is 0 Å². The molecule has 144 valence electrons. The predicted molar refractivity (Wildman–Crippen MR) is 93.5 cm³/mol. The van der Waals surface area contributed by atoms with E-state index >= 15 is 0 Å². The first-order valence-electron chi connectivity index (χ1n) is 8.05. The van der Waals surface area contributed by atoms with Crippen LogP contribution in [0.5, 0.6) is 0 Å². The molecule has 4 N–H and O–H groups in total. The minimum Gasteiger partial charge on any atom is -0.451 e. The number of primary amides is 1. The Bertz CT molecular complexity index is 802. The Kier molecular flexibility index (Phi) is 5.48. The lowest BCUT2D eigenvalue weighted by molar-refractivity contribution is -0.155. The fourth-order valence-corrected chi connectivity index (χ4v) is 2.34. The number of hydrogen-bond donors (Lipinski definition) is 3. The van der Waals surface area contributed by atoms with Crippen LogP contribution < -0.4 is 16.4 Å². The maximum Gasteiger partial charge on any atom is 0.327 e. The number of nitrogens with one attached hydrogen (secondary N) is 2. The summed E-state index contributed by atoms with van der Waals surface area (Å²) in [6.45, 7) is 3.77. The maximum absolute atomic E-state index is 12.1. The molecule has 1 aromatic carbocycles. The van der Waals surface area contributed by atoms with Crippen LogP contribution in [0, 0.1) is 0 Å². The number of imide groups is 1. The molecule has 27 heavy (non-hydrogen) atoms. The molecule has 0 spiro atoms. The lowest BCUT2D eigenvalue weighted by Gasteiger charge is -2.17. The summed E-state index contributed by atoms with van der Waals surface area (Å²) in [5, 5.41) is 4.95. The van der Waals surface area contributed by atoms with E-state index in [1.165, 1.54) is 45.0 Å². The lowest BCUT2D eigenvalue weighted by atomic mass is 10.1. The predicted octanol–water partition coefficient (Wildman–Crippen LogP) is -0.0139. The normalized spacial score (nSPS) is 16.5. The van der Waals surface area contributed by atoms with Gasteiger partial charge in [0.2, 0.25) is 5.91 Å². The van der Waals surface area contributed by atoms with Crippen molar-refractivity contribution >= 4 is 35.4 Å². The highest BCUT2D eigenvalue weighted by Crippen LogP contribution is 2.16. The zero-order valence-corrected chi connectivity index (χ0v) is 15.1. The molecule has 0 radical (unpaired) electrons. The number of rotatable bonds is 6.